The maximum atomic E-state index is 13.1. The fourth-order valence-electron chi connectivity index (χ4n) is 2.93. The Labute approximate surface area is 205 Å². The number of nitrogens with zero attached hydrogens (tertiary/aromatic N) is 1. The van der Waals surface area contributed by atoms with E-state index >= 15 is 0 Å². The van der Waals surface area contributed by atoms with Crippen LogP contribution in [0.4, 0.5) is 5.69 Å². The van der Waals surface area contributed by atoms with Gasteiger partial charge in [0.1, 0.15) is 11.2 Å². The van der Waals surface area contributed by atoms with Crippen LogP contribution in [0.15, 0.2) is 59.4 Å². The second kappa shape index (κ2) is 12.5. The van der Waals surface area contributed by atoms with Gasteiger partial charge in [0.15, 0.2) is 0 Å². The maximum absolute atomic E-state index is 13.1. The average molecular weight is 503 g/mol. The van der Waals surface area contributed by atoms with Crippen molar-refractivity contribution < 1.29 is 23.9 Å². The van der Waals surface area contributed by atoms with E-state index in [9.17, 15) is 19.2 Å². The number of halogens is 1. The fraction of sp³-hybridized carbons (Fsp3) is 0.167. The largest absolute Gasteiger partial charge is 0.465 e. The summed E-state index contributed by atoms with van der Waals surface area (Å²) in [6.45, 7) is 1.59. The number of nitrogens with one attached hydrogen (secondary N) is 1. The number of amides is 1. The molecule has 0 bridgehead atoms. The van der Waals surface area contributed by atoms with Crippen LogP contribution in [-0.4, -0.2) is 36.1 Å². The molecule has 34 heavy (non-hydrogen) atoms. The minimum Gasteiger partial charge on any atom is -0.465 e. The summed E-state index contributed by atoms with van der Waals surface area (Å²) in [4.78, 5) is 49.2. The van der Waals surface area contributed by atoms with Crippen LogP contribution in [0.1, 0.15) is 22.8 Å². The third-order valence-electron chi connectivity index (χ3n) is 4.45. The highest BCUT2D eigenvalue weighted by Crippen LogP contribution is 2.07. The summed E-state index contributed by atoms with van der Waals surface area (Å²) in [6.07, 6.45) is 2.82. The third-order valence-corrected chi connectivity index (χ3v) is 5.51. The number of benzene rings is 2. The number of para-hydroxylation sites is 1. The lowest BCUT2D eigenvalue weighted by molar-refractivity contribution is -0.135. The van der Waals surface area contributed by atoms with Crippen LogP contribution in [0.5, 0.6) is 0 Å². The Hall–Kier alpha value is -3.69. The van der Waals surface area contributed by atoms with Crippen molar-refractivity contribution in [2.24, 2.45) is 0 Å². The summed E-state index contributed by atoms with van der Waals surface area (Å²) in [5, 5.41) is 2.73. The summed E-state index contributed by atoms with van der Waals surface area (Å²) >= 11 is 1.07. The van der Waals surface area contributed by atoms with E-state index in [1.807, 2.05) is 6.07 Å². The second-order valence-corrected chi connectivity index (χ2v) is 7.83. The predicted molar refractivity (Wildman–Crippen MR) is 133 cm³/mol. The Morgan fingerprint density at radius 3 is 2.35 bits per heavy atom. The Morgan fingerprint density at radius 2 is 1.74 bits per heavy atom. The number of carbonyl (C=O) groups is 3. The van der Waals surface area contributed by atoms with Gasteiger partial charge in [-0.25, -0.2) is 9.59 Å². The molecule has 0 fully saturated rings. The number of methoxy groups -OCH3 is 1. The molecule has 8 nitrogen and oxygen atoms in total. The molecule has 3 rings (SSSR count). The quantitative estimate of drug-likeness (QED) is 0.495. The van der Waals surface area contributed by atoms with Crippen molar-refractivity contribution in [2.45, 2.75) is 13.5 Å². The number of ether oxygens (including phenoxy) is 2. The molecule has 0 radical (unpaired) electrons. The van der Waals surface area contributed by atoms with Crippen molar-refractivity contribution in [1.82, 2.24) is 4.57 Å². The molecular formula is C24H23ClN2O6S. The molecule has 3 aromatic rings. The molecule has 178 valence electrons. The van der Waals surface area contributed by atoms with Crippen molar-refractivity contribution in [2.75, 3.05) is 19.0 Å². The fourth-order valence-corrected chi connectivity index (χ4v) is 3.96. The number of carbonyl (C=O) groups excluding carboxylic acids is 3. The number of rotatable bonds is 7. The Balaban J connectivity index is 0.00000408. The van der Waals surface area contributed by atoms with Crippen LogP contribution in [0, 0.1) is 0 Å². The first-order chi connectivity index (χ1) is 15.9. The van der Waals surface area contributed by atoms with Gasteiger partial charge in [-0.15, -0.1) is 23.7 Å². The zero-order valence-corrected chi connectivity index (χ0v) is 20.1. The molecule has 0 aliphatic heterocycles. The van der Waals surface area contributed by atoms with Crippen molar-refractivity contribution in [3.8, 4) is 0 Å². The molecule has 0 spiro atoms. The molecule has 10 heteroatoms. The van der Waals surface area contributed by atoms with Gasteiger partial charge >= 0.3 is 11.9 Å². The van der Waals surface area contributed by atoms with Crippen molar-refractivity contribution >= 4 is 59.4 Å². The smallest absolute Gasteiger partial charge is 0.337 e. The summed E-state index contributed by atoms with van der Waals surface area (Å²) in [6, 6.07) is 15.4. The van der Waals surface area contributed by atoms with E-state index in [0.29, 0.717) is 26.0 Å². The molecule has 1 aromatic heterocycles. The van der Waals surface area contributed by atoms with E-state index in [1.54, 1.807) is 61.5 Å². The number of thiazole rings is 1. The normalized spacial score (nSPS) is 11.5. The van der Waals surface area contributed by atoms with Gasteiger partial charge in [-0.2, -0.15) is 0 Å². The molecular weight excluding hydrogens is 480 g/mol. The predicted octanol–water partition coefficient (Wildman–Crippen LogP) is 1.93. The van der Waals surface area contributed by atoms with Gasteiger partial charge in [0.25, 0.3) is 5.56 Å². The van der Waals surface area contributed by atoms with Gasteiger partial charge in [0, 0.05) is 5.69 Å². The molecule has 1 N–H and O–H groups in total. The summed E-state index contributed by atoms with van der Waals surface area (Å²) in [7, 11) is 1.30. The van der Waals surface area contributed by atoms with Crippen LogP contribution in [0.25, 0.3) is 12.2 Å². The highest BCUT2D eigenvalue weighted by molar-refractivity contribution is 7.07. The zero-order chi connectivity index (χ0) is 23.8. The summed E-state index contributed by atoms with van der Waals surface area (Å²) < 4.78 is 11.5. The topological polar surface area (TPSA) is 104 Å². The first-order valence-electron chi connectivity index (χ1n) is 10.0. The zero-order valence-electron chi connectivity index (χ0n) is 18.5. The van der Waals surface area contributed by atoms with E-state index < -0.39 is 23.4 Å². The van der Waals surface area contributed by atoms with E-state index in [0.717, 1.165) is 11.3 Å². The number of hydrogen-bond acceptors (Lipinski definition) is 7. The molecule has 1 heterocycles. The van der Waals surface area contributed by atoms with Crippen LogP contribution in [-0.2, 0) is 25.6 Å². The van der Waals surface area contributed by atoms with Crippen LogP contribution in [0.3, 0.4) is 0 Å². The van der Waals surface area contributed by atoms with Crippen molar-refractivity contribution in [1.29, 1.82) is 0 Å². The van der Waals surface area contributed by atoms with E-state index in [1.165, 1.54) is 17.8 Å². The minimum absolute atomic E-state index is 0. The lowest BCUT2D eigenvalue weighted by atomic mass is 10.1. The van der Waals surface area contributed by atoms with E-state index in [4.69, 9.17) is 4.74 Å². The molecule has 0 aliphatic rings. The van der Waals surface area contributed by atoms with Crippen molar-refractivity contribution in [3.63, 3.8) is 0 Å². The van der Waals surface area contributed by atoms with Crippen molar-refractivity contribution in [3.05, 3.63) is 85.3 Å². The lowest BCUT2D eigenvalue weighted by Gasteiger charge is -2.05. The minimum atomic E-state index is -0.607. The SMILES string of the molecule is CCOC(=O)/C=c1\s/c(=C\c2ccc(C(=O)OC)cc2)c(=O)n1CC(=O)Nc1ccccc1.Cl. The Morgan fingerprint density at radius 1 is 1.06 bits per heavy atom. The number of aromatic nitrogens is 1. The third kappa shape index (κ3) is 6.90. The molecule has 0 saturated carbocycles. The highest BCUT2D eigenvalue weighted by Gasteiger charge is 2.12. The summed E-state index contributed by atoms with van der Waals surface area (Å²) in [5.74, 6) is -1.48. The first kappa shape index (κ1) is 26.6. The molecule has 2 aromatic carbocycles. The van der Waals surface area contributed by atoms with Gasteiger partial charge in [-0.3, -0.25) is 14.2 Å². The number of hydrogen-bond donors (Lipinski definition) is 1. The molecule has 0 saturated heterocycles. The Bertz CT molecular complexity index is 1330. The lowest BCUT2D eigenvalue weighted by Crippen LogP contribution is -2.36. The number of esters is 2. The summed E-state index contributed by atoms with van der Waals surface area (Å²) in [5.41, 5.74) is 1.23. The molecule has 0 aliphatic carbocycles. The number of anilines is 1. The van der Waals surface area contributed by atoms with Crippen LogP contribution < -0.4 is 20.1 Å². The van der Waals surface area contributed by atoms with Gasteiger partial charge in [-0.05, 0) is 42.8 Å². The standard InChI is InChI=1S/C24H22N2O6S.ClH/c1-3-32-22(28)14-21-26(15-20(27)25-18-7-5-4-6-8-18)23(29)19(33-21)13-16-9-11-17(12-10-16)24(30)31-2;/h4-14H,3,15H2,1-2H3,(H,25,27);1H/b19-13-,21-14-;. The van der Waals surface area contributed by atoms with Gasteiger partial charge in [-0.1, -0.05) is 30.3 Å². The van der Waals surface area contributed by atoms with Gasteiger partial charge < -0.3 is 14.8 Å². The second-order valence-electron chi connectivity index (χ2n) is 6.76. The molecule has 1 amide bonds. The van der Waals surface area contributed by atoms with Gasteiger partial charge in [0.05, 0.1) is 29.9 Å². The monoisotopic (exact) mass is 502 g/mol. The molecule has 0 unspecified atom stereocenters. The van der Waals surface area contributed by atoms with Crippen LogP contribution in [0.2, 0.25) is 0 Å². The Kier molecular flexibility index (Phi) is 9.78. The highest BCUT2D eigenvalue weighted by atomic mass is 35.5. The van der Waals surface area contributed by atoms with Crippen LogP contribution >= 0.6 is 23.7 Å². The first-order valence-corrected chi connectivity index (χ1v) is 10.9. The molecule has 0 atom stereocenters. The van der Waals surface area contributed by atoms with E-state index in [-0.39, 0.29) is 25.6 Å². The maximum Gasteiger partial charge on any atom is 0.337 e. The van der Waals surface area contributed by atoms with Gasteiger partial charge in [0.2, 0.25) is 5.91 Å². The van der Waals surface area contributed by atoms with E-state index in [2.05, 4.69) is 10.1 Å². The average Bonchev–Trinajstić information content (AvgIpc) is 3.08.